The van der Waals surface area contributed by atoms with Crippen molar-refractivity contribution in [2.45, 2.75) is 18.3 Å². The number of aliphatic hydroxyl groups is 4. The predicted molar refractivity (Wildman–Crippen MR) is 67.2 cm³/mol. The van der Waals surface area contributed by atoms with Crippen LogP contribution in [0.1, 0.15) is 10.4 Å². The average Bonchev–Trinajstić information content (AvgIpc) is 2.41. The first-order chi connectivity index (χ1) is 9.35. The quantitative estimate of drug-likeness (QED) is 0.317. The molecular weight excluding hydrogens is 270 g/mol. The summed E-state index contributed by atoms with van der Waals surface area (Å²) in [6, 6.07) is 3.27. The maximum Gasteiger partial charge on any atom is 0.251 e. The number of nitrogens with one attached hydrogen (secondary N) is 1. The number of hydrogen-bond acceptors (Lipinski definition) is 7. The van der Waals surface area contributed by atoms with Crippen LogP contribution in [0.4, 0.5) is 0 Å². The van der Waals surface area contributed by atoms with Crippen LogP contribution in [-0.2, 0) is 0 Å². The number of amides is 1. The largest absolute Gasteiger partial charge is 0.508 e. The molecule has 0 aliphatic rings. The Balaban J connectivity index is 2.59. The van der Waals surface area contributed by atoms with Gasteiger partial charge in [-0.05, 0) is 12.1 Å². The van der Waals surface area contributed by atoms with Crippen LogP contribution in [0.2, 0.25) is 0 Å². The van der Waals surface area contributed by atoms with Gasteiger partial charge in [0.2, 0.25) is 0 Å². The highest BCUT2D eigenvalue weighted by Crippen LogP contribution is 2.20. The first kappa shape index (κ1) is 16.2. The van der Waals surface area contributed by atoms with E-state index in [1.165, 1.54) is 0 Å². The summed E-state index contributed by atoms with van der Waals surface area (Å²) in [7, 11) is 0. The van der Waals surface area contributed by atoms with Gasteiger partial charge in [0.05, 0.1) is 12.7 Å². The summed E-state index contributed by atoms with van der Waals surface area (Å²) in [5.41, 5.74) is -0.0353. The fourth-order valence-electron chi connectivity index (χ4n) is 1.51. The van der Waals surface area contributed by atoms with Gasteiger partial charge in [0.1, 0.15) is 23.7 Å². The third-order valence-electron chi connectivity index (χ3n) is 2.61. The molecule has 0 aliphatic heterocycles. The van der Waals surface area contributed by atoms with Crippen LogP contribution >= 0.6 is 0 Å². The van der Waals surface area contributed by atoms with Crippen LogP contribution in [0.5, 0.6) is 11.5 Å². The highest BCUT2D eigenvalue weighted by Gasteiger charge is 2.24. The number of benzene rings is 1. The van der Waals surface area contributed by atoms with Crippen LogP contribution in [0.25, 0.3) is 0 Å². The molecule has 20 heavy (non-hydrogen) atoms. The Hall–Kier alpha value is -1.87. The van der Waals surface area contributed by atoms with E-state index in [-0.39, 0.29) is 23.6 Å². The van der Waals surface area contributed by atoms with Gasteiger partial charge >= 0.3 is 0 Å². The molecule has 0 spiro atoms. The van der Waals surface area contributed by atoms with Crippen molar-refractivity contribution < 1.29 is 35.4 Å². The zero-order chi connectivity index (χ0) is 15.3. The molecule has 0 saturated heterocycles. The van der Waals surface area contributed by atoms with Crippen LogP contribution in [0.3, 0.4) is 0 Å². The van der Waals surface area contributed by atoms with Gasteiger partial charge in [-0.25, -0.2) is 0 Å². The van der Waals surface area contributed by atoms with E-state index in [2.05, 4.69) is 5.32 Å². The molecule has 0 heterocycles. The summed E-state index contributed by atoms with van der Waals surface area (Å²) in [4.78, 5) is 11.7. The van der Waals surface area contributed by atoms with Gasteiger partial charge in [-0.2, -0.15) is 0 Å². The van der Waals surface area contributed by atoms with E-state index in [1.54, 1.807) is 0 Å². The second kappa shape index (κ2) is 7.06. The van der Waals surface area contributed by atoms with E-state index < -0.39 is 30.8 Å². The SMILES string of the molecule is O=C(NC[C@@H](O)[C@H](O)C(O)CO)c1cc(O)cc(O)c1. The molecule has 0 aliphatic carbocycles. The number of aromatic hydroxyl groups is 2. The van der Waals surface area contributed by atoms with Crippen molar-refractivity contribution in [1.29, 1.82) is 0 Å². The van der Waals surface area contributed by atoms with E-state index in [1.807, 2.05) is 0 Å². The Kier molecular flexibility index (Phi) is 5.71. The average molecular weight is 287 g/mol. The topological polar surface area (TPSA) is 150 Å². The van der Waals surface area contributed by atoms with E-state index in [0.29, 0.717) is 0 Å². The summed E-state index contributed by atoms with van der Waals surface area (Å²) in [5.74, 6) is -1.29. The van der Waals surface area contributed by atoms with Crippen molar-refractivity contribution in [3.8, 4) is 11.5 Å². The second-order valence-electron chi connectivity index (χ2n) is 4.26. The first-order valence-corrected chi connectivity index (χ1v) is 5.81. The first-order valence-electron chi connectivity index (χ1n) is 5.81. The molecule has 8 nitrogen and oxygen atoms in total. The number of carbonyl (C=O) groups is 1. The lowest BCUT2D eigenvalue weighted by atomic mass is 10.1. The highest BCUT2D eigenvalue weighted by atomic mass is 16.4. The molecule has 0 bridgehead atoms. The standard InChI is InChI=1S/C12H17NO7/c14-5-10(18)11(19)9(17)4-13-12(20)6-1-7(15)3-8(16)2-6/h1-3,9-11,14-19H,4-5H2,(H,13,20)/t9-,10?,11+/m1/s1. The summed E-state index contributed by atoms with van der Waals surface area (Å²) in [6.07, 6.45) is -4.61. The molecule has 0 aromatic heterocycles. The highest BCUT2D eigenvalue weighted by molar-refractivity contribution is 5.95. The molecule has 7 N–H and O–H groups in total. The molecule has 1 unspecified atom stereocenters. The minimum Gasteiger partial charge on any atom is -0.508 e. The van der Waals surface area contributed by atoms with Gasteiger partial charge < -0.3 is 36.0 Å². The number of carbonyl (C=O) groups excluding carboxylic acids is 1. The fourth-order valence-corrected chi connectivity index (χ4v) is 1.51. The van der Waals surface area contributed by atoms with Crippen molar-refractivity contribution in [2.24, 2.45) is 0 Å². The maximum absolute atomic E-state index is 11.7. The van der Waals surface area contributed by atoms with E-state index in [4.69, 9.17) is 10.2 Å². The Morgan fingerprint density at radius 1 is 1.05 bits per heavy atom. The summed E-state index contributed by atoms with van der Waals surface area (Å²) in [6.45, 7) is -1.11. The van der Waals surface area contributed by atoms with Gasteiger partial charge in [0.25, 0.3) is 5.91 Å². The van der Waals surface area contributed by atoms with Crippen molar-refractivity contribution in [2.75, 3.05) is 13.2 Å². The van der Waals surface area contributed by atoms with Crippen molar-refractivity contribution in [3.63, 3.8) is 0 Å². The van der Waals surface area contributed by atoms with Gasteiger partial charge in [-0.3, -0.25) is 4.79 Å². The lowest BCUT2D eigenvalue weighted by molar-refractivity contribution is -0.0743. The summed E-state index contributed by atoms with van der Waals surface area (Å²) >= 11 is 0. The van der Waals surface area contributed by atoms with Crippen LogP contribution in [0.15, 0.2) is 18.2 Å². The van der Waals surface area contributed by atoms with E-state index >= 15 is 0 Å². The molecular formula is C12H17NO7. The molecule has 112 valence electrons. The van der Waals surface area contributed by atoms with Crippen molar-refractivity contribution in [3.05, 3.63) is 23.8 Å². The van der Waals surface area contributed by atoms with Crippen LogP contribution in [0, 0.1) is 0 Å². The normalized spacial score (nSPS) is 15.4. The Labute approximate surface area is 114 Å². The lowest BCUT2D eigenvalue weighted by Gasteiger charge is -2.21. The van der Waals surface area contributed by atoms with Crippen molar-refractivity contribution >= 4 is 5.91 Å². The monoisotopic (exact) mass is 287 g/mol. The third-order valence-corrected chi connectivity index (χ3v) is 2.61. The Morgan fingerprint density at radius 3 is 2.10 bits per heavy atom. The fraction of sp³-hybridized carbons (Fsp3) is 0.417. The van der Waals surface area contributed by atoms with Gasteiger partial charge in [0.15, 0.2) is 0 Å². The number of phenols is 2. The van der Waals surface area contributed by atoms with Crippen LogP contribution < -0.4 is 5.32 Å². The third kappa shape index (κ3) is 4.35. The number of aliphatic hydroxyl groups excluding tert-OH is 4. The Bertz CT molecular complexity index is 445. The van der Waals surface area contributed by atoms with Crippen molar-refractivity contribution in [1.82, 2.24) is 5.32 Å². The van der Waals surface area contributed by atoms with Gasteiger partial charge in [-0.1, -0.05) is 0 Å². The Morgan fingerprint density at radius 2 is 1.60 bits per heavy atom. The molecule has 1 aromatic carbocycles. The molecule has 0 saturated carbocycles. The zero-order valence-corrected chi connectivity index (χ0v) is 10.5. The smallest absolute Gasteiger partial charge is 0.251 e. The molecule has 0 fully saturated rings. The molecule has 1 aromatic rings. The van der Waals surface area contributed by atoms with E-state index in [0.717, 1.165) is 18.2 Å². The lowest BCUT2D eigenvalue weighted by Crippen LogP contribution is -2.45. The van der Waals surface area contributed by atoms with Gasteiger partial charge in [0, 0.05) is 18.2 Å². The maximum atomic E-state index is 11.7. The summed E-state index contributed by atoms with van der Waals surface area (Å²) in [5, 5.41) is 57.3. The molecule has 0 radical (unpaired) electrons. The number of phenolic OH excluding ortho intramolecular Hbond substituents is 2. The van der Waals surface area contributed by atoms with Crippen LogP contribution in [-0.4, -0.2) is 68.0 Å². The van der Waals surface area contributed by atoms with E-state index in [9.17, 15) is 25.2 Å². The minimum absolute atomic E-state index is 0.0353. The van der Waals surface area contributed by atoms with Gasteiger partial charge in [-0.15, -0.1) is 0 Å². The predicted octanol–water partition coefficient (Wildman–Crippen LogP) is -2.10. The molecule has 1 amide bonds. The minimum atomic E-state index is -1.61. The number of rotatable bonds is 6. The second-order valence-corrected chi connectivity index (χ2v) is 4.26. The molecule has 1 rings (SSSR count). The zero-order valence-electron chi connectivity index (χ0n) is 10.5. The molecule has 8 heteroatoms. The number of hydrogen-bond donors (Lipinski definition) is 7. The molecule has 3 atom stereocenters. The summed E-state index contributed by atoms with van der Waals surface area (Å²) < 4.78 is 0.